The van der Waals surface area contributed by atoms with E-state index in [0.717, 1.165) is 31.7 Å². The Bertz CT molecular complexity index is 254. The van der Waals surface area contributed by atoms with Crippen molar-refractivity contribution in [2.24, 2.45) is 5.92 Å². The Balaban J connectivity index is 2.05. The second-order valence-corrected chi connectivity index (χ2v) is 6.27. The fraction of sp³-hybridized carbons (Fsp3) is 1.00. The van der Waals surface area contributed by atoms with E-state index in [1.165, 1.54) is 6.42 Å². The van der Waals surface area contributed by atoms with E-state index in [2.05, 4.69) is 26.1 Å². The van der Waals surface area contributed by atoms with E-state index in [9.17, 15) is 5.11 Å². The van der Waals surface area contributed by atoms with Gasteiger partial charge in [-0.1, -0.05) is 6.92 Å². The monoisotopic (exact) mass is 227 g/mol. The number of rotatable bonds is 1. The average Bonchev–Trinajstić information content (AvgIpc) is 2.15. The summed E-state index contributed by atoms with van der Waals surface area (Å²) in [6.07, 6.45) is 3.82. The van der Waals surface area contributed by atoms with Crippen LogP contribution in [0.5, 0.6) is 0 Å². The molecule has 94 valence electrons. The van der Waals surface area contributed by atoms with Crippen molar-refractivity contribution in [2.75, 3.05) is 13.2 Å². The van der Waals surface area contributed by atoms with E-state index < -0.39 is 5.60 Å². The lowest BCUT2D eigenvalue weighted by Crippen LogP contribution is -2.59. The van der Waals surface area contributed by atoms with E-state index >= 15 is 0 Å². The third-order valence-electron chi connectivity index (χ3n) is 4.07. The fourth-order valence-corrected chi connectivity index (χ4v) is 3.19. The van der Waals surface area contributed by atoms with Gasteiger partial charge in [0.25, 0.3) is 0 Å². The largest absolute Gasteiger partial charge is 0.388 e. The van der Waals surface area contributed by atoms with Gasteiger partial charge in [-0.2, -0.15) is 0 Å². The van der Waals surface area contributed by atoms with Crippen LogP contribution >= 0.6 is 0 Å². The van der Waals surface area contributed by atoms with Crippen LogP contribution in [0.3, 0.4) is 0 Å². The fourth-order valence-electron chi connectivity index (χ4n) is 3.19. The Hall–Kier alpha value is -0.120. The Morgan fingerprint density at radius 1 is 1.38 bits per heavy atom. The van der Waals surface area contributed by atoms with Gasteiger partial charge in [-0.3, -0.25) is 0 Å². The van der Waals surface area contributed by atoms with E-state index in [1.807, 2.05) is 0 Å². The van der Waals surface area contributed by atoms with E-state index in [0.29, 0.717) is 6.61 Å². The second-order valence-electron chi connectivity index (χ2n) is 6.27. The maximum atomic E-state index is 10.8. The van der Waals surface area contributed by atoms with Gasteiger partial charge in [-0.15, -0.1) is 0 Å². The van der Waals surface area contributed by atoms with Crippen molar-refractivity contribution in [3.63, 3.8) is 0 Å². The maximum Gasteiger partial charge on any atom is 0.0849 e. The smallest absolute Gasteiger partial charge is 0.0849 e. The molecule has 2 heterocycles. The lowest BCUT2D eigenvalue weighted by Gasteiger charge is -2.48. The first-order valence-corrected chi connectivity index (χ1v) is 6.51. The Labute approximate surface area is 98.6 Å². The average molecular weight is 227 g/mol. The first-order valence-electron chi connectivity index (χ1n) is 6.51. The van der Waals surface area contributed by atoms with Gasteiger partial charge in [-0.05, 0) is 39.2 Å². The van der Waals surface area contributed by atoms with Gasteiger partial charge < -0.3 is 15.2 Å². The Morgan fingerprint density at radius 3 is 2.75 bits per heavy atom. The summed E-state index contributed by atoms with van der Waals surface area (Å²) in [5.74, 6) is 0.723. The van der Waals surface area contributed by atoms with Crippen LogP contribution in [-0.2, 0) is 4.74 Å². The molecule has 3 heteroatoms. The molecule has 2 saturated heterocycles. The minimum atomic E-state index is -0.573. The SMILES string of the molecule is CC1CCNC(C2(O)CCOC(C)(C)C2)C1. The number of ether oxygens (including phenoxy) is 1. The molecule has 0 aromatic heterocycles. The summed E-state index contributed by atoms with van der Waals surface area (Å²) < 4.78 is 5.69. The molecule has 0 radical (unpaired) electrons. The van der Waals surface area contributed by atoms with Crippen molar-refractivity contribution < 1.29 is 9.84 Å². The maximum absolute atomic E-state index is 10.8. The van der Waals surface area contributed by atoms with E-state index in [-0.39, 0.29) is 11.6 Å². The number of hydrogen-bond acceptors (Lipinski definition) is 3. The molecule has 0 amide bonds. The van der Waals surface area contributed by atoms with Crippen molar-refractivity contribution >= 4 is 0 Å². The van der Waals surface area contributed by atoms with Crippen LogP contribution in [0.1, 0.15) is 46.5 Å². The summed E-state index contributed by atoms with van der Waals surface area (Å²) in [5.41, 5.74) is -0.758. The lowest BCUT2D eigenvalue weighted by atomic mass is 9.75. The van der Waals surface area contributed by atoms with Gasteiger partial charge in [0.05, 0.1) is 17.8 Å². The molecule has 0 aromatic rings. The van der Waals surface area contributed by atoms with E-state index in [4.69, 9.17) is 4.74 Å². The molecule has 2 aliphatic rings. The zero-order valence-electron chi connectivity index (χ0n) is 10.8. The molecule has 0 aromatic carbocycles. The van der Waals surface area contributed by atoms with Gasteiger partial charge in [0, 0.05) is 18.9 Å². The number of hydrogen-bond donors (Lipinski definition) is 2. The van der Waals surface area contributed by atoms with Crippen molar-refractivity contribution in [1.82, 2.24) is 5.32 Å². The summed E-state index contributed by atoms with van der Waals surface area (Å²) in [4.78, 5) is 0. The molecule has 2 N–H and O–H groups in total. The number of piperidine rings is 1. The highest BCUT2D eigenvalue weighted by atomic mass is 16.5. The van der Waals surface area contributed by atoms with Gasteiger partial charge in [0.2, 0.25) is 0 Å². The standard InChI is InChI=1S/C13H25NO2/c1-10-4-6-14-11(8-10)13(15)5-7-16-12(2,3)9-13/h10-11,14-15H,4-9H2,1-3H3. The van der Waals surface area contributed by atoms with E-state index in [1.54, 1.807) is 0 Å². The zero-order chi connectivity index (χ0) is 11.8. The Morgan fingerprint density at radius 2 is 2.12 bits per heavy atom. The van der Waals surface area contributed by atoms with Crippen LogP contribution in [0.4, 0.5) is 0 Å². The molecule has 3 unspecified atom stereocenters. The van der Waals surface area contributed by atoms with Gasteiger partial charge in [-0.25, -0.2) is 0 Å². The topological polar surface area (TPSA) is 41.5 Å². The third-order valence-corrected chi connectivity index (χ3v) is 4.07. The molecule has 0 bridgehead atoms. The number of aliphatic hydroxyl groups is 1. The predicted molar refractivity (Wildman–Crippen MR) is 64.4 cm³/mol. The van der Waals surface area contributed by atoms with Gasteiger partial charge >= 0.3 is 0 Å². The normalized spacial score (nSPS) is 44.2. The molecule has 3 atom stereocenters. The van der Waals surface area contributed by atoms with Crippen LogP contribution in [0.15, 0.2) is 0 Å². The summed E-state index contributed by atoms with van der Waals surface area (Å²) in [6, 6.07) is 0.249. The molecular weight excluding hydrogens is 202 g/mol. The minimum absolute atomic E-state index is 0.185. The van der Waals surface area contributed by atoms with Crippen LogP contribution < -0.4 is 5.32 Å². The van der Waals surface area contributed by atoms with Crippen molar-refractivity contribution in [2.45, 2.75) is 63.7 Å². The molecule has 3 nitrogen and oxygen atoms in total. The van der Waals surface area contributed by atoms with Crippen LogP contribution in [-0.4, -0.2) is 35.5 Å². The molecular formula is C13H25NO2. The second kappa shape index (κ2) is 4.28. The van der Waals surface area contributed by atoms with Crippen molar-refractivity contribution in [3.8, 4) is 0 Å². The van der Waals surface area contributed by atoms with Crippen LogP contribution in [0.2, 0.25) is 0 Å². The quantitative estimate of drug-likeness (QED) is 0.716. The van der Waals surface area contributed by atoms with Gasteiger partial charge in [0.1, 0.15) is 0 Å². The highest BCUT2D eigenvalue weighted by molar-refractivity contribution is 5.00. The molecule has 0 saturated carbocycles. The van der Waals surface area contributed by atoms with Crippen molar-refractivity contribution in [1.29, 1.82) is 0 Å². The number of nitrogens with one attached hydrogen (secondary N) is 1. The predicted octanol–water partition coefficient (Wildman–Crippen LogP) is 1.69. The first-order chi connectivity index (χ1) is 7.41. The molecule has 0 aliphatic carbocycles. The summed E-state index contributed by atoms with van der Waals surface area (Å²) in [6.45, 7) is 8.14. The lowest BCUT2D eigenvalue weighted by molar-refractivity contribution is -0.160. The van der Waals surface area contributed by atoms with Crippen molar-refractivity contribution in [3.05, 3.63) is 0 Å². The highest BCUT2D eigenvalue weighted by Gasteiger charge is 2.45. The van der Waals surface area contributed by atoms with Crippen LogP contribution in [0, 0.1) is 5.92 Å². The summed E-state index contributed by atoms with van der Waals surface area (Å²) >= 11 is 0. The Kier molecular flexibility index (Phi) is 3.30. The summed E-state index contributed by atoms with van der Waals surface area (Å²) in [7, 11) is 0. The highest BCUT2D eigenvalue weighted by Crippen LogP contribution is 2.37. The zero-order valence-corrected chi connectivity index (χ0v) is 10.8. The molecule has 2 rings (SSSR count). The molecule has 2 aliphatic heterocycles. The van der Waals surface area contributed by atoms with Gasteiger partial charge in [0.15, 0.2) is 0 Å². The molecule has 0 spiro atoms. The minimum Gasteiger partial charge on any atom is -0.388 e. The molecule has 16 heavy (non-hydrogen) atoms. The van der Waals surface area contributed by atoms with Crippen LogP contribution in [0.25, 0.3) is 0 Å². The molecule has 2 fully saturated rings. The summed E-state index contributed by atoms with van der Waals surface area (Å²) in [5, 5.41) is 14.3. The first kappa shape index (κ1) is 12.3. The third kappa shape index (κ3) is 2.58.